The minimum Gasteiger partial charge on any atom is -0.453 e. The van der Waals surface area contributed by atoms with Crippen molar-refractivity contribution in [2.45, 2.75) is 65.1 Å². The Hall–Kier alpha value is -5.66. The highest BCUT2D eigenvalue weighted by Gasteiger charge is 2.38. The van der Waals surface area contributed by atoms with Crippen LogP contribution >= 0.6 is 0 Å². The molecule has 2 aliphatic rings. The van der Waals surface area contributed by atoms with E-state index in [1.165, 1.54) is 14.2 Å². The Morgan fingerprint density at radius 1 is 0.778 bits per heavy atom. The van der Waals surface area contributed by atoms with Gasteiger partial charge in [0, 0.05) is 25.3 Å². The fourth-order valence-corrected chi connectivity index (χ4v) is 7.37. The molecular weight excluding hydrogens is 690 g/mol. The Morgan fingerprint density at radius 2 is 1.41 bits per heavy atom. The molecule has 4 aromatic rings. The summed E-state index contributed by atoms with van der Waals surface area (Å²) in [4.78, 5) is 75.5. The first-order valence-corrected chi connectivity index (χ1v) is 18.5. The summed E-state index contributed by atoms with van der Waals surface area (Å²) in [5.74, 6) is -0.440. The molecule has 14 nitrogen and oxygen atoms in total. The van der Waals surface area contributed by atoms with Crippen LogP contribution in [0.4, 0.5) is 15.3 Å². The Morgan fingerprint density at radius 3 is 2.09 bits per heavy atom. The molecule has 0 unspecified atom stereocenters. The third-order valence-electron chi connectivity index (χ3n) is 10.4. The number of carbonyl (C=O) groups excluding carboxylic acids is 5. The molecule has 286 valence electrons. The lowest BCUT2D eigenvalue weighted by molar-refractivity contribution is -0.135. The number of ether oxygens (including phenoxy) is 2. The minimum atomic E-state index is -0.731. The van der Waals surface area contributed by atoms with Crippen LogP contribution in [0.2, 0.25) is 0 Å². The van der Waals surface area contributed by atoms with Crippen LogP contribution in [0.3, 0.4) is 0 Å². The average Bonchev–Trinajstić information content (AvgIpc) is 3.94. The van der Waals surface area contributed by atoms with Crippen molar-refractivity contribution >= 4 is 57.4 Å². The van der Waals surface area contributed by atoms with Crippen molar-refractivity contribution < 1.29 is 33.4 Å². The number of imidazole rings is 1. The maximum absolute atomic E-state index is 13.6. The Balaban J connectivity index is 1.12. The van der Waals surface area contributed by atoms with Crippen LogP contribution in [-0.4, -0.2) is 95.6 Å². The van der Waals surface area contributed by atoms with Gasteiger partial charge >= 0.3 is 12.2 Å². The molecule has 2 aliphatic heterocycles. The number of H-pyrrole nitrogens is 1. The van der Waals surface area contributed by atoms with Gasteiger partial charge in [-0.15, -0.1) is 0 Å². The highest BCUT2D eigenvalue weighted by Crippen LogP contribution is 2.34. The second-order valence-corrected chi connectivity index (χ2v) is 14.8. The lowest BCUT2D eigenvalue weighted by Crippen LogP contribution is -2.51. The van der Waals surface area contributed by atoms with E-state index in [1.54, 1.807) is 9.80 Å². The number of hydrogen-bond acceptors (Lipinski definition) is 8. The molecule has 1 aromatic heterocycles. The van der Waals surface area contributed by atoms with E-state index in [2.05, 4.69) is 31.7 Å². The summed E-state index contributed by atoms with van der Waals surface area (Å²) in [6, 6.07) is 16.3. The highest BCUT2D eigenvalue weighted by atomic mass is 16.5. The number of aromatic amines is 1. The Kier molecular flexibility index (Phi) is 11.4. The van der Waals surface area contributed by atoms with Crippen molar-refractivity contribution in [1.82, 2.24) is 30.4 Å². The van der Waals surface area contributed by atoms with E-state index in [0.717, 1.165) is 45.8 Å². The van der Waals surface area contributed by atoms with Crippen molar-refractivity contribution in [2.24, 2.45) is 17.8 Å². The van der Waals surface area contributed by atoms with Crippen molar-refractivity contribution in [3.8, 4) is 11.1 Å². The number of anilines is 1. The van der Waals surface area contributed by atoms with Gasteiger partial charge in [0.1, 0.15) is 17.9 Å². The minimum absolute atomic E-state index is 0.117. The second-order valence-electron chi connectivity index (χ2n) is 14.8. The molecular formula is C40H49N7O7. The van der Waals surface area contributed by atoms with E-state index in [0.29, 0.717) is 31.0 Å². The molecule has 54 heavy (non-hydrogen) atoms. The van der Waals surface area contributed by atoms with E-state index in [1.807, 2.05) is 76.2 Å². The highest BCUT2D eigenvalue weighted by molar-refractivity contribution is 5.97. The normalized spacial score (nSPS) is 18.2. The SMILES string of the molecule is COC(=O)N[C@H](C(=O)N1CC[C@H](C(=O)Nc2ccc3cc(-c4ccc5[nH]c([C@@H]6CCCN6C(=O)[C@@H](NC(=O)OC)C(C)C)nc5c4)ccc3c2)C1)C(C)C. The first kappa shape index (κ1) is 38.1. The first-order valence-electron chi connectivity index (χ1n) is 18.5. The summed E-state index contributed by atoms with van der Waals surface area (Å²) in [6.45, 7) is 8.78. The van der Waals surface area contributed by atoms with Gasteiger partial charge in [0.2, 0.25) is 17.7 Å². The number of likely N-dealkylation sites (tertiary alicyclic amines) is 2. The number of rotatable bonds is 10. The summed E-state index contributed by atoms with van der Waals surface area (Å²) in [6.07, 6.45) is 0.834. The molecule has 6 rings (SSSR count). The summed E-state index contributed by atoms with van der Waals surface area (Å²) >= 11 is 0. The Labute approximate surface area is 314 Å². The molecule has 0 bridgehead atoms. The third kappa shape index (κ3) is 8.12. The molecule has 2 saturated heterocycles. The molecule has 3 aromatic carbocycles. The molecule has 0 radical (unpaired) electrons. The summed E-state index contributed by atoms with van der Waals surface area (Å²) < 4.78 is 9.44. The predicted molar refractivity (Wildman–Crippen MR) is 204 cm³/mol. The van der Waals surface area contributed by atoms with Crippen LogP contribution in [0, 0.1) is 17.8 Å². The first-order chi connectivity index (χ1) is 25.9. The van der Waals surface area contributed by atoms with Crippen molar-refractivity contribution in [2.75, 3.05) is 39.2 Å². The lowest BCUT2D eigenvalue weighted by Gasteiger charge is -2.29. The van der Waals surface area contributed by atoms with Crippen LogP contribution < -0.4 is 16.0 Å². The van der Waals surface area contributed by atoms with Gasteiger partial charge < -0.3 is 40.2 Å². The standard InChI is InChI=1S/C40H49N7O7/c1-22(2)33(44-39(51)53-5)37(49)46-17-15-28(21-46)36(48)41-29-13-11-25-18-24(9-10-26(25)19-29)27-12-14-30-31(20-27)43-35(42-30)32-8-7-16-47(32)38(50)34(23(3)4)45-40(52)54-6/h9-14,18-20,22-23,28,32-34H,7-8,15-17,21H2,1-6H3,(H,41,48)(H,42,43)(H,44,51)(H,45,52)/t28-,32-,33-,34-/m0/s1. The van der Waals surface area contributed by atoms with Gasteiger partial charge in [-0.3, -0.25) is 14.4 Å². The number of alkyl carbamates (subject to hydrolysis) is 2. The van der Waals surface area contributed by atoms with Gasteiger partial charge in [-0.2, -0.15) is 0 Å². The van der Waals surface area contributed by atoms with Gasteiger partial charge in [-0.1, -0.05) is 52.0 Å². The zero-order valence-corrected chi connectivity index (χ0v) is 31.6. The molecule has 5 amide bonds. The van der Waals surface area contributed by atoms with Crippen molar-refractivity contribution in [1.29, 1.82) is 0 Å². The zero-order valence-electron chi connectivity index (χ0n) is 31.6. The van der Waals surface area contributed by atoms with Crippen LogP contribution in [0.1, 0.15) is 58.8 Å². The summed E-state index contributed by atoms with van der Waals surface area (Å²) in [5, 5.41) is 10.3. The quantitative estimate of drug-likeness (QED) is 0.163. The van der Waals surface area contributed by atoms with Crippen LogP contribution in [-0.2, 0) is 23.9 Å². The molecule has 0 aliphatic carbocycles. The molecule has 4 atom stereocenters. The number of amides is 5. The third-order valence-corrected chi connectivity index (χ3v) is 10.4. The fraction of sp³-hybridized carbons (Fsp3) is 0.450. The number of nitrogens with one attached hydrogen (secondary N) is 4. The van der Waals surface area contributed by atoms with Crippen LogP contribution in [0.25, 0.3) is 32.9 Å². The van der Waals surface area contributed by atoms with Crippen molar-refractivity contribution in [3.63, 3.8) is 0 Å². The van der Waals surface area contributed by atoms with Gasteiger partial charge in [0.25, 0.3) is 0 Å². The van der Waals surface area contributed by atoms with E-state index in [4.69, 9.17) is 9.72 Å². The smallest absolute Gasteiger partial charge is 0.407 e. The van der Waals surface area contributed by atoms with Gasteiger partial charge in [-0.05, 0) is 83.3 Å². The van der Waals surface area contributed by atoms with Gasteiger partial charge in [0.05, 0.1) is 37.2 Å². The summed E-state index contributed by atoms with van der Waals surface area (Å²) in [5.41, 5.74) is 4.33. The molecule has 3 heterocycles. The Bertz CT molecular complexity index is 2060. The van der Waals surface area contributed by atoms with E-state index < -0.39 is 24.3 Å². The van der Waals surface area contributed by atoms with Gasteiger partial charge in [0.15, 0.2) is 0 Å². The second kappa shape index (κ2) is 16.1. The number of carbonyl (C=O) groups is 5. The van der Waals surface area contributed by atoms with E-state index in [-0.39, 0.29) is 48.1 Å². The predicted octanol–water partition coefficient (Wildman–Crippen LogP) is 5.59. The average molecular weight is 740 g/mol. The number of hydrogen-bond donors (Lipinski definition) is 4. The van der Waals surface area contributed by atoms with Crippen LogP contribution in [0.15, 0.2) is 54.6 Å². The molecule has 0 spiro atoms. The lowest BCUT2D eigenvalue weighted by atomic mass is 10.0. The van der Waals surface area contributed by atoms with Gasteiger partial charge in [-0.25, -0.2) is 14.6 Å². The van der Waals surface area contributed by atoms with E-state index in [9.17, 15) is 24.0 Å². The number of nitrogens with zero attached hydrogens (tertiary/aromatic N) is 3. The maximum Gasteiger partial charge on any atom is 0.407 e. The summed E-state index contributed by atoms with van der Waals surface area (Å²) in [7, 11) is 2.54. The maximum atomic E-state index is 13.6. The topological polar surface area (TPSA) is 175 Å². The van der Waals surface area contributed by atoms with Crippen molar-refractivity contribution in [3.05, 3.63) is 60.4 Å². The molecule has 2 fully saturated rings. The number of aromatic nitrogens is 2. The van der Waals surface area contributed by atoms with E-state index >= 15 is 0 Å². The zero-order chi connectivity index (χ0) is 38.7. The monoisotopic (exact) mass is 739 g/mol. The number of methoxy groups -OCH3 is 2. The molecule has 0 saturated carbocycles. The molecule has 14 heteroatoms. The molecule has 4 N–H and O–H groups in total. The fourth-order valence-electron chi connectivity index (χ4n) is 7.37. The van der Waals surface area contributed by atoms with Crippen LogP contribution in [0.5, 0.6) is 0 Å². The number of fused-ring (bicyclic) bond motifs is 2. The largest absolute Gasteiger partial charge is 0.453 e. The number of benzene rings is 3.